The molecule has 3 rings (SSSR count). The molecule has 0 unspecified atom stereocenters. The van der Waals surface area contributed by atoms with Crippen molar-refractivity contribution < 1.29 is 4.79 Å². The van der Waals surface area contributed by atoms with Gasteiger partial charge in [0.15, 0.2) is 0 Å². The molecule has 0 aromatic carbocycles. The first-order valence-electron chi connectivity index (χ1n) is 6.86. The highest BCUT2D eigenvalue weighted by atomic mass is 79.9. The predicted molar refractivity (Wildman–Crippen MR) is 86.9 cm³/mol. The number of carbonyl (C=O) groups is 1. The van der Waals surface area contributed by atoms with Gasteiger partial charge in [0.05, 0.1) is 11.9 Å². The number of anilines is 2. The van der Waals surface area contributed by atoms with Gasteiger partial charge in [0.25, 0.3) is 5.91 Å². The lowest BCUT2D eigenvalue weighted by Gasteiger charge is -2.12. The number of aromatic nitrogens is 2. The van der Waals surface area contributed by atoms with Gasteiger partial charge in [-0.25, -0.2) is 4.98 Å². The molecule has 0 aliphatic heterocycles. The number of hydrogen-bond donors (Lipinski definition) is 1. The van der Waals surface area contributed by atoms with Gasteiger partial charge in [-0.2, -0.15) is 0 Å². The Labute approximate surface area is 132 Å². The Morgan fingerprint density at radius 2 is 2.19 bits per heavy atom. The first kappa shape index (κ1) is 14.1. The third-order valence-corrected chi connectivity index (χ3v) is 3.89. The Kier molecular flexibility index (Phi) is 3.71. The molecule has 2 heterocycles. The molecule has 1 N–H and O–H groups in total. The van der Waals surface area contributed by atoms with Crippen LogP contribution in [0.4, 0.5) is 11.5 Å². The van der Waals surface area contributed by atoms with Crippen LogP contribution in [-0.4, -0.2) is 29.6 Å². The van der Waals surface area contributed by atoms with Gasteiger partial charge in [0.2, 0.25) is 0 Å². The maximum absolute atomic E-state index is 12.4. The highest BCUT2D eigenvalue weighted by Gasteiger charge is 2.27. The van der Waals surface area contributed by atoms with Crippen molar-refractivity contribution >= 4 is 33.3 Å². The lowest BCUT2D eigenvalue weighted by Crippen LogP contribution is -2.17. The molecule has 1 aliphatic rings. The number of carbonyl (C=O) groups excluding carboxylic acids is 1. The number of amides is 1. The maximum Gasteiger partial charge on any atom is 0.272 e. The molecule has 0 atom stereocenters. The zero-order valence-corrected chi connectivity index (χ0v) is 13.6. The minimum atomic E-state index is -0.105. The summed E-state index contributed by atoms with van der Waals surface area (Å²) in [6.45, 7) is 0. The lowest BCUT2D eigenvalue weighted by molar-refractivity contribution is 0.101. The van der Waals surface area contributed by atoms with Gasteiger partial charge in [-0.15, -0.1) is 0 Å². The molecule has 1 saturated carbocycles. The molecule has 2 aromatic heterocycles. The number of rotatable bonds is 4. The molecular weight excluding hydrogens is 332 g/mol. The zero-order chi connectivity index (χ0) is 15.0. The van der Waals surface area contributed by atoms with Gasteiger partial charge >= 0.3 is 0 Å². The molecule has 6 heteroatoms. The third kappa shape index (κ3) is 3.10. The second-order valence-electron chi connectivity index (χ2n) is 5.44. The summed E-state index contributed by atoms with van der Waals surface area (Å²) >= 11 is 3.44. The summed E-state index contributed by atoms with van der Waals surface area (Å²) in [6, 6.07) is 6.06. The van der Waals surface area contributed by atoms with Crippen molar-refractivity contribution in [3.05, 3.63) is 40.8 Å². The van der Waals surface area contributed by atoms with Gasteiger partial charge in [-0.1, -0.05) is 0 Å². The molecule has 1 amide bonds. The summed E-state index contributed by atoms with van der Waals surface area (Å²) in [7, 11) is 3.86. The predicted octanol–water partition coefficient (Wildman–Crippen LogP) is 3.30. The van der Waals surface area contributed by atoms with E-state index in [9.17, 15) is 4.79 Å². The Morgan fingerprint density at radius 3 is 2.76 bits per heavy atom. The quantitative estimate of drug-likeness (QED) is 0.922. The van der Waals surface area contributed by atoms with Crippen LogP contribution in [-0.2, 0) is 0 Å². The summed E-state index contributed by atoms with van der Waals surface area (Å²) < 4.78 is 2.97. The number of halogens is 1. The summed E-state index contributed by atoms with van der Waals surface area (Å²) in [6.07, 6.45) is 5.92. The topological polar surface area (TPSA) is 50.2 Å². The van der Waals surface area contributed by atoms with Crippen molar-refractivity contribution in [3.8, 4) is 0 Å². The van der Waals surface area contributed by atoms with Crippen LogP contribution in [0.2, 0.25) is 0 Å². The molecule has 0 saturated heterocycles. The molecule has 5 nitrogen and oxygen atoms in total. The minimum absolute atomic E-state index is 0.105. The minimum Gasteiger partial charge on any atom is -0.363 e. The van der Waals surface area contributed by atoms with E-state index in [0.717, 1.165) is 23.1 Å². The van der Waals surface area contributed by atoms with Crippen LogP contribution in [0.15, 0.2) is 35.1 Å². The van der Waals surface area contributed by atoms with E-state index in [1.54, 1.807) is 6.20 Å². The number of nitrogens with one attached hydrogen (secondary N) is 1. The maximum atomic E-state index is 12.4. The molecule has 21 heavy (non-hydrogen) atoms. The van der Waals surface area contributed by atoms with Crippen LogP contribution in [0.1, 0.15) is 29.4 Å². The van der Waals surface area contributed by atoms with E-state index in [2.05, 4.69) is 26.2 Å². The summed E-state index contributed by atoms with van der Waals surface area (Å²) in [5.74, 6) is 0.754. The molecular formula is C15H17BrN4O. The van der Waals surface area contributed by atoms with E-state index in [1.165, 1.54) is 0 Å². The fraction of sp³-hybridized carbons (Fsp3) is 0.333. The van der Waals surface area contributed by atoms with Gasteiger partial charge in [-0.05, 0) is 47.0 Å². The Bertz CT molecular complexity index is 659. The Morgan fingerprint density at radius 1 is 1.43 bits per heavy atom. The molecule has 0 radical (unpaired) electrons. The second-order valence-corrected chi connectivity index (χ2v) is 6.35. The summed E-state index contributed by atoms with van der Waals surface area (Å²) in [4.78, 5) is 18.6. The molecule has 0 spiro atoms. The summed E-state index contributed by atoms with van der Waals surface area (Å²) in [5.41, 5.74) is 1.38. The van der Waals surface area contributed by atoms with E-state index in [-0.39, 0.29) is 5.91 Å². The fourth-order valence-corrected chi connectivity index (χ4v) is 2.64. The van der Waals surface area contributed by atoms with Crippen molar-refractivity contribution in [2.75, 3.05) is 24.3 Å². The molecule has 1 aliphatic carbocycles. The molecule has 2 aromatic rings. The molecule has 110 valence electrons. The molecule has 1 fully saturated rings. The zero-order valence-electron chi connectivity index (χ0n) is 12.0. The van der Waals surface area contributed by atoms with Crippen LogP contribution >= 0.6 is 15.9 Å². The van der Waals surface area contributed by atoms with Gasteiger partial charge in [0.1, 0.15) is 11.5 Å². The van der Waals surface area contributed by atoms with Crippen LogP contribution in [0.5, 0.6) is 0 Å². The average molecular weight is 349 g/mol. The van der Waals surface area contributed by atoms with E-state index >= 15 is 0 Å². The first-order valence-corrected chi connectivity index (χ1v) is 7.66. The average Bonchev–Trinajstić information content (AvgIpc) is 3.22. The Balaban J connectivity index is 1.77. The monoisotopic (exact) mass is 348 g/mol. The van der Waals surface area contributed by atoms with Crippen LogP contribution < -0.4 is 10.2 Å². The normalized spacial score (nSPS) is 14.0. The van der Waals surface area contributed by atoms with Crippen molar-refractivity contribution in [2.24, 2.45) is 0 Å². The SMILES string of the molecule is CN(C)c1ccc(NC(=O)c2cc(Br)cn2C2CC2)cn1. The van der Waals surface area contributed by atoms with Gasteiger partial charge in [0, 0.05) is 30.8 Å². The van der Waals surface area contributed by atoms with E-state index in [0.29, 0.717) is 17.4 Å². The fourth-order valence-electron chi connectivity index (χ4n) is 2.20. The van der Waals surface area contributed by atoms with Crippen molar-refractivity contribution in [3.63, 3.8) is 0 Å². The van der Waals surface area contributed by atoms with Crippen LogP contribution in [0.25, 0.3) is 0 Å². The highest BCUT2D eigenvalue weighted by Crippen LogP contribution is 2.37. The second kappa shape index (κ2) is 5.52. The van der Waals surface area contributed by atoms with Crippen molar-refractivity contribution in [2.45, 2.75) is 18.9 Å². The van der Waals surface area contributed by atoms with Gasteiger partial charge < -0.3 is 14.8 Å². The van der Waals surface area contributed by atoms with E-state index in [4.69, 9.17) is 0 Å². The van der Waals surface area contributed by atoms with E-state index < -0.39 is 0 Å². The van der Waals surface area contributed by atoms with Crippen LogP contribution in [0, 0.1) is 0 Å². The van der Waals surface area contributed by atoms with Crippen molar-refractivity contribution in [1.29, 1.82) is 0 Å². The lowest BCUT2D eigenvalue weighted by atomic mass is 10.3. The van der Waals surface area contributed by atoms with Gasteiger partial charge in [-0.3, -0.25) is 4.79 Å². The molecule has 0 bridgehead atoms. The number of nitrogens with zero attached hydrogens (tertiary/aromatic N) is 3. The third-order valence-electron chi connectivity index (χ3n) is 3.45. The highest BCUT2D eigenvalue weighted by molar-refractivity contribution is 9.10. The number of hydrogen-bond acceptors (Lipinski definition) is 3. The van der Waals surface area contributed by atoms with Crippen molar-refractivity contribution in [1.82, 2.24) is 9.55 Å². The Hall–Kier alpha value is -1.82. The van der Waals surface area contributed by atoms with Crippen LogP contribution in [0.3, 0.4) is 0 Å². The van der Waals surface area contributed by atoms with E-state index in [1.807, 2.05) is 48.0 Å². The summed E-state index contributed by atoms with van der Waals surface area (Å²) in [5, 5.41) is 2.90. The first-order chi connectivity index (χ1) is 10.0. The smallest absolute Gasteiger partial charge is 0.272 e. The standard InChI is InChI=1S/C15H17BrN4O/c1-19(2)14-6-3-11(8-17-14)18-15(21)13-7-10(16)9-20(13)12-4-5-12/h3,6-9,12H,4-5H2,1-2H3,(H,18,21). The largest absolute Gasteiger partial charge is 0.363 e. The number of pyridine rings is 1.